The van der Waals surface area contributed by atoms with Gasteiger partial charge >= 0.3 is 0 Å². The summed E-state index contributed by atoms with van der Waals surface area (Å²) in [6.45, 7) is 1.77. The lowest BCUT2D eigenvalue weighted by atomic mass is 10.0. The number of carbonyl (C=O) groups excluding carboxylic acids is 2. The molecule has 0 N–H and O–H groups in total. The summed E-state index contributed by atoms with van der Waals surface area (Å²) in [5, 5.41) is 0.773. The standard InChI is InChI=1S/C13H11Cl2NO2S/c1-7(19)2-8-3-12(17)16(13(8)18)11-5-9(14)4-10(15)6-11/h4-6,8H,2-3H2,1H3. The van der Waals surface area contributed by atoms with Crippen LogP contribution in [-0.2, 0) is 9.59 Å². The topological polar surface area (TPSA) is 37.4 Å². The number of nitrogens with zero attached hydrogens (tertiary/aromatic N) is 1. The normalized spacial score (nSPS) is 19.1. The molecule has 1 aromatic rings. The van der Waals surface area contributed by atoms with Crippen LogP contribution in [0, 0.1) is 5.92 Å². The third-order valence-electron chi connectivity index (χ3n) is 2.88. The molecule has 3 nitrogen and oxygen atoms in total. The maximum absolute atomic E-state index is 12.2. The summed E-state index contributed by atoms with van der Waals surface area (Å²) >= 11 is 16.8. The van der Waals surface area contributed by atoms with Gasteiger partial charge in [0.1, 0.15) is 0 Å². The van der Waals surface area contributed by atoms with Crippen molar-refractivity contribution >= 4 is 57.8 Å². The van der Waals surface area contributed by atoms with E-state index in [0.717, 1.165) is 9.76 Å². The zero-order valence-corrected chi connectivity index (χ0v) is 12.5. The molecule has 1 heterocycles. The quantitative estimate of drug-likeness (QED) is 0.631. The second kappa shape index (κ2) is 5.57. The summed E-state index contributed by atoms with van der Waals surface area (Å²) < 4.78 is 0. The van der Waals surface area contributed by atoms with Gasteiger partial charge in [-0.05, 0) is 36.4 Å². The van der Waals surface area contributed by atoms with Crippen LogP contribution in [0.25, 0.3) is 0 Å². The highest BCUT2D eigenvalue weighted by Gasteiger charge is 2.39. The second-order valence-electron chi connectivity index (χ2n) is 4.50. The van der Waals surface area contributed by atoms with E-state index in [9.17, 15) is 9.59 Å². The molecular weight excluding hydrogens is 305 g/mol. The van der Waals surface area contributed by atoms with Gasteiger partial charge in [-0.3, -0.25) is 14.5 Å². The molecule has 1 aromatic carbocycles. The Kier molecular flexibility index (Phi) is 4.23. The number of anilines is 1. The van der Waals surface area contributed by atoms with Gasteiger partial charge in [0, 0.05) is 16.5 Å². The third kappa shape index (κ3) is 3.14. The number of hydrogen-bond acceptors (Lipinski definition) is 3. The first-order chi connectivity index (χ1) is 8.88. The number of thiocarbonyl (C=S) groups is 1. The zero-order valence-electron chi connectivity index (χ0n) is 10.2. The van der Waals surface area contributed by atoms with Crippen molar-refractivity contribution in [3.63, 3.8) is 0 Å². The minimum atomic E-state index is -0.372. The van der Waals surface area contributed by atoms with Gasteiger partial charge in [0.25, 0.3) is 0 Å². The molecule has 1 aliphatic heterocycles. The summed E-state index contributed by atoms with van der Waals surface area (Å²) in [4.78, 5) is 26.1. The Morgan fingerprint density at radius 2 is 1.89 bits per heavy atom. The van der Waals surface area contributed by atoms with E-state index >= 15 is 0 Å². The Morgan fingerprint density at radius 1 is 1.32 bits per heavy atom. The minimum Gasteiger partial charge on any atom is -0.274 e. The first kappa shape index (κ1) is 14.4. The maximum atomic E-state index is 12.2. The van der Waals surface area contributed by atoms with E-state index in [1.807, 2.05) is 0 Å². The van der Waals surface area contributed by atoms with Gasteiger partial charge in [-0.2, -0.15) is 0 Å². The van der Waals surface area contributed by atoms with Crippen molar-refractivity contribution in [2.45, 2.75) is 19.8 Å². The van der Waals surface area contributed by atoms with Crippen molar-refractivity contribution in [3.05, 3.63) is 28.2 Å². The molecule has 1 atom stereocenters. The number of benzene rings is 1. The van der Waals surface area contributed by atoms with Crippen LogP contribution >= 0.6 is 35.4 Å². The molecule has 1 saturated heterocycles. The van der Waals surface area contributed by atoms with Crippen molar-refractivity contribution in [2.24, 2.45) is 5.92 Å². The minimum absolute atomic E-state index is 0.178. The Labute approximate surface area is 126 Å². The molecule has 1 fully saturated rings. The Morgan fingerprint density at radius 3 is 2.42 bits per heavy atom. The van der Waals surface area contributed by atoms with Crippen LogP contribution in [-0.4, -0.2) is 16.7 Å². The van der Waals surface area contributed by atoms with Gasteiger partial charge < -0.3 is 0 Å². The lowest BCUT2D eigenvalue weighted by Crippen LogP contribution is -2.30. The predicted octanol–water partition coefficient (Wildman–Crippen LogP) is 3.65. The first-order valence-corrected chi connectivity index (χ1v) is 6.87. The lowest BCUT2D eigenvalue weighted by Gasteiger charge is -2.15. The first-order valence-electron chi connectivity index (χ1n) is 5.71. The van der Waals surface area contributed by atoms with Crippen molar-refractivity contribution in [2.75, 3.05) is 4.90 Å². The molecule has 0 aliphatic carbocycles. The molecular formula is C13H11Cl2NO2S. The Balaban J connectivity index is 2.32. The SMILES string of the molecule is CC(=S)CC1CC(=O)N(c2cc(Cl)cc(Cl)c2)C1=O. The molecule has 0 spiro atoms. The van der Waals surface area contributed by atoms with E-state index < -0.39 is 0 Å². The average Bonchev–Trinajstić information content (AvgIpc) is 2.51. The summed E-state index contributed by atoms with van der Waals surface area (Å²) in [7, 11) is 0. The van der Waals surface area contributed by atoms with Crippen LogP contribution in [0.1, 0.15) is 19.8 Å². The number of hydrogen-bond donors (Lipinski definition) is 0. The van der Waals surface area contributed by atoms with E-state index in [-0.39, 0.29) is 24.2 Å². The third-order valence-corrected chi connectivity index (χ3v) is 3.48. The smallest absolute Gasteiger partial charge is 0.237 e. The molecule has 1 aliphatic rings. The number of imide groups is 1. The van der Waals surface area contributed by atoms with Gasteiger partial charge in [0.05, 0.1) is 11.6 Å². The van der Waals surface area contributed by atoms with Crippen LogP contribution in [0.5, 0.6) is 0 Å². The molecule has 6 heteroatoms. The Bertz CT molecular complexity index is 554. The highest BCUT2D eigenvalue weighted by molar-refractivity contribution is 7.80. The maximum Gasteiger partial charge on any atom is 0.237 e. The second-order valence-corrected chi connectivity index (χ2v) is 6.07. The van der Waals surface area contributed by atoms with E-state index in [2.05, 4.69) is 0 Å². The number of rotatable bonds is 3. The van der Waals surface area contributed by atoms with Crippen LogP contribution in [0.15, 0.2) is 18.2 Å². The molecule has 100 valence electrons. The summed E-state index contributed by atoms with van der Waals surface area (Å²) in [6, 6.07) is 4.65. The Hall–Kier alpha value is -0.970. The largest absolute Gasteiger partial charge is 0.274 e. The summed E-state index contributed by atoms with van der Waals surface area (Å²) in [6.07, 6.45) is 0.627. The van der Waals surface area contributed by atoms with E-state index in [1.54, 1.807) is 25.1 Å². The van der Waals surface area contributed by atoms with Gasteiger partial charge in [-0.25, -0.2) is 0 Å². The predicted molar refractivity (Wildman–Crippen MR) is 80.0 cm³/mol. The molecule has 0 aromatic heterocycles. The molecule has 2 amide bonds. The van der Waals surface area contributed by atoms with Crippen LogP contribution in [0.4, 0.5) is 5.69 Å². The van der Waals surface area contributed by atoms with Crippen LogP contribution in [0.2, 0.25) is 10.0 Å². The number of carbonyl (C=O) groups is 2. The molecule has 0 radical (unpaired) electrons. The van der Waals surface area contributed by atoms with Crippen molar-refractivity contribution in [1.29, 1.82) is 0 Å². The van der Waals surface area contributed by atoms with Gasteiger partial charge in [-0.1, -0.05) is 35.4 Å². The average molecular weight is 316 g/mol. The van der Waals surface area contributed by atoms with Gasteiger partial charge in [0.15, 0.2) is 0 Å². The summed E-state index contributed by atoms with van der Waals surface area (Å²) in [5.41, 5.74) is 0.414. The molecule has 0 saturated carbocycles. The molecule has 1 unspecified atom stereocenters. The zero-order chi connectivity index (χ0) is 14.2. The lowest BCUT2D eigenvalue weighted by molar-refractivity contribution is -0.122. The number of amides is 2. The van der Waals surface area contributed by atoms with E-state index in [4.69, 9.17) is 35.4 Å². The summed E-state index contributed by atoms with van der Waals surface area (Å²) in [5.74, 6) is -0.861. The van der Waals surface area contributed by atoms with Crippen LogP contribution in [0.3, 0.4) is 0 Å². The fraction of sp³-hybridized carbons (Fsp3) is 0.308. The van der Waals surface area contributed by atoms with E-state index in [0.29, 0.717) is 22.2 Å². The van der Waals surface area contributed by atoms with E-state index in [1.165, 1.54) is 0 Å². The molecule has 19 heavy (non-hydrogen) atoms. The fourth-order valence-corrected chi connectivity index (χ4v) is 2.86. The fourth-order valence-electron chi connectivity index (χ4n) is 2.14. The van der Waals surface area contributed by atoms with Gasteiger partial charge in [-0.15, -0.1) is 0 Å². The monoisotopic (exact) mass is 315 g/mol. The molecule has 2 rings (SSSR count). The van der Waals surface area contributed by atoms with Crippen molar-refractivity contribution in [3.8, 4) is 0 Å². The van der Waals surface area contributed by atoms with Crippen molar-refractivity contribution in [1.82, 2.24) is 0 Å². The highest BCUT2D eigenvalue weighted by Crippen LogP contribution is 2.32. The van der Waals surface area contributed by atoms with Crippen LogP contribution < -0.4 is 4.90 Å². The van der Waals surface area contributed by atoms with Crippen molar-refractivity contribution < 1.29 is 9.59 Å². The highest BCUT2D eigenvalue weighted by atomic mass is 35.5. The number of halogens is 2. The molecule has 0 bridgehead atoms. The van der Waals surface area contributed by atoms with Gasteiger partial charge in [0.2, 0.25) is 11.8 Å².